The predicted octanol–water partition coefficient (Wildman–Crippen LogP) is 5.22. The Hall–Kier alpha value is -3.49. The van der Waals surface area contributed by atoms with Gasteiger partial charge in [0.15, 0.2) is 0 Å². The molecule has 0 unspecified atom stereocenters. The van der Waals surface area contributed by atoms with Crippen molar-refractivity contribution >= 4 is 23.1 Å². The fourth-order valence-corrected chi connectivity index (χ4v) is 3.31. The lowest BCUT2D eigenvalue weighted by Crippen LogP contribution is -2.35. The molecule has 6 nitrogen and oxygen atoms in total. The minimum atomic E-state index is -4.80. The number of alkyl halides is 3. The number of hydrogen-bond acceptors (Lipinski definition) is 5. The van der Waals surface area contributed by atoms with Gasteiger partial charge in [-0.25, -0.2) is 0 Å². The number of hydrogen-bond donors (Lipinski definition) is 1. The van der Waals surface area contributed by atoms with E-state index in [2.05, 4.69) is 10.1 Å². The van der Waals surface area contributed by atoms with Gasteiger partial charge in [0.2, 0.25) is 0 Å². The lowest BCUT2D eigenvalue weighted by molar-refractivity contribution is -0.274. The van der Waals surface area contributed by atoms with E-state index >= 15 is 0 Å². The van der Waals surface area contributed by atoms with Crippen molar-refractivity contribution in [3.63, 3.8) is 0 Å². The van der Waals surface area contributed by atoms with Crippen LogP contribution in [0.5, 0.6) is 11.5 Å². The molecule has 0 spiro atoms. The van der Waals surface area contributed by atoms with E-state index in [-0.39, 0.29) is 29.5 Å². The molecule has 0 atom stereocenters. The van der Waals surface area contributed by atoms with Crippen molar-refractivity contribution in [1.29, 1.82) is 0 Å². The quantitative estimate of drug-likeness (QED) is 0.518. The van der Waals surface area contributed by atoms with Crippen molar-refractivity contribution in [2.45, 2.75) is 33.6 Å². The van der Waals surface area contributed by atoms with Gasteiger partial charge in [-0.2, -0.15) is 0 Å². The lowest BCUT2D eigenvalue weighted by atomic mass is 10.0. The number of carbonyl (C=O) groups is 2. The van der Waals surface area contributed by atoms with Gasteiger partial charge < -0.3 is 14.8 Å². The topological polar surface area (TPSA) is 67.9 Å². The minimum absolute atomic E-state index is 0.0575. The maximum absolute atomic E-state index is 13.2. The van der Waals surface area contributed by atoms with E-state index in [1.165, 1.54) is 17.0 Å². The van der Waals surface area contributed by atoms with E-state index in [1.807, 2.05) is 20.8 Å². The van der Waals surface area contributed by atoms with Gasteiger partial charge in [0.1, 0.15) is 17.2 Å². The van der Waals surface area contributed by atoms with Gasteiger partial charge in [-0.1, -0.05) is 32.9 Å². The Labute approximate surface area is 190 Å². The van der Waals surface area contributed by atoms with E-state index in [1.54, 1.807) is 24.3 Å². The fraction of sp³-hybridized carbons (Fsp3) is 0.333. The largest absolute Gasteiger partial charge is 0.573 e. The zero-order valence-electron chi connectivity index (χ0n) is 18.5. The molecule has 2 aromatic rings. The van der Waals surface area contributed by atoms with Gasteiger partial charge in [-0.15, -0.1) is 13.2 Å². The van der Waals surface area contributed by atoms with Crippen molar-refractivity contribution < 1.29 is 32.2 Å². The second-order valence-corrected chi connectivity index (χ2v) is 7.93. The summed E-state index contributed by atoms with van der Waals surface area (Å²) in [6, 6.07) is 11.8. The molecular formula is C24H25F3N2O4. The summed E-state index contributed by atoms with van der Waals surface area (Å²) in [5.41, 5.74) is 1.13. The van der Waals surface area contributed by atoms with Gasteiger partial charge >= 0.3 is 6.36 Å². The molecule has 1 N–H and O–H groups in total. The molecule has 1 heterocycles. The fourth-order valence-electron chi connectivity index (χ4n) is 3.31. The zero-order chi connectivity index (χ0) is 24.2. The Morgan fingerprint density at radius 2 is 1.55 bits per heavy atom. The molecule has 0 aromatic heterocycles. The third-order valence-electron chi connectivity index (χ3n) is 4.69. The third kappa shape index (κ3) is 6.06. The Morgan fingerprint density at radius 1 is 0.939 bits per heavy atom. The zero-order valence-corrected chi connectivity index (χ0v) is 18.5. The second kappa shape index (κ2) is 9.97. The van der Waals surface area contributed by atoms with E-state index in [4.69, 9.17) is 4.74 Å². The molecule has 0 radical (unpaired) electrons. The summed E-state index contributed by atoms with van der Waals surface area (Å²) in [6.07, 6.45) is -3.95. The highest BCUT2D eigenvalue weighted by molar-refractivity contribution is 6.36. The van der Waals surface area contributed by atoms with E-state index < -0.39 is 18.2 Å². The first-order chi connectivity index (χ1) is 15.6. The number of carbonyl (C=O) groups excluding carboxylic acids is 2. The van der Waals surface area contributed by atoms with Gasteiger partial charge in [-0.05, 0) is 54.3 Å². The van der Waals surface area contributed by atoms with Crippen LogP contribution in [0.4, 0.5) is 18.9 Å². The van der Waals surface area contributed by atoms with Gasteiger partial charge in [-0.3, -0.25) is 14.5 Å². The van der Waals surface area contributed by atoms with Crippen molar-refractivity contribution in [2.24, 2.45) is 5.92 Å². The highest BCUT2D eigenvalue weighted by atomic mass is 19.4. The number of amides is 2. The highest BCUT2D eigenvalue weighted by Crippen LogP contribution is 2.32. The predicted molar refractivity (Wildman–Crippen MR) is 117 cm³/mol. The molecule has 0 fully saturated rings. The summed E-state index contributed by atoms with van der Waals surface area (Å²) in [7, 11) is 0. The van der Waals surface area contributed by atoms with Gasteiger partial charge in [0.25, 0.3) is 11.8 Å². The molecule has 0 saturated heterocycles. The maximum atomic E-state index is 13.2. The van der Waals surface area contributed by atoms with E-state index in [9.17, 15) is 22.8 Å². The highest BCUT2D eigenvalue weighted by Gasteiger charge is 2.39. The van der Waals surface area contributed by atoms with Crippen LogP contribution in [-0.4, -0.2) is 36.2 Å². The van der Waals surface area contributed by atoms with Crippen molar-refractivity contribution in [3.8, 4) is 11.5 Å². The summed E-state index contributed by atoms with van der Waals surface area (Å²) in [6.45, 7) is 6.58. The molecule has 2 aromatic carbocycles. The normalized spacial score (nSPS) is 14.3. The van der Waals surface area contributed by atoms with Crippen LogP contribution >= 0.6 is 0 Å². The molecule has 3 rings (SSSR count). The van der Waals surface area contributed by atoms with Crippen LogP contribution in [0, 0.1) is 5.92 Å². The summed E-state index contributed by atoms with van der Waals surface area (Å²) in [4.78, 5) is 27.4. The number of nitrogens with one attached hydrogen (secondary N) is 1. The Kier molecular flexibility index (Phi) is 7.30. The maximum Gasteiger partial charge on any atom is 0.573 e. The molecule has 0 bridgehead atoms. The molecule has 9 heteroatoms. The smallest absolute Gasteiger partial charge is 0.494 e. The Bertz CT molecular complexity index is 1030. The third-order valence-corrected chi connectivity index (χ3v) is 4.69. The van der Waals surface area contributed by atoms with Crippen LogP contribution in [0.15, 0.2) is 54.2 Å². The molecule has 33 heavy (non-hydrogen) atoms. The molecule has 0 aliphatic carbocycles. The minimum Gasteiger partial charge on any atom is -0.494 e. The molecular weight excluding hydrogens is 437 g/mol. The van der Waals surface area contributed by atoms with Crippen molar-refractivity contribution in [3.05, 3.63) is 59.8 Å². The molecule has 0 saturated carbocycles. The number of ether oxygens (including phenoxy) is 2. The standard InChI is InChI=1S/C24H25F3N2O4/c1-4-13-32-18-9-5-16(6-10-18)20-21(23(31)29(22(20)30)14-15(2)3)28-17-7-11-19(12-8-17)33-24(25,26)27/h5-12,15,28H,4,13-14H2,1-3H3. The van der Waals surface area contributed by atoms with Crippen LogP contribution < -0.4 is 14.8 Å². The number of rotatable bonds is 9. The van der Waals surface area contributed by atoms with Gasteiger partial charge in [0, 0.05) is 12.2 Å². The van der Waals surface area contributed by atoms with Gasteiger partial charge in [0.05, 0.1) is 12.2 Å². The average Bonchev–Trinajstić information content (AvgIpc) is 2.97. The van der Waals surface area contributed by atoms with E-state index in [0.29, 0.717) is 23.6 Å². The molecule has 1 aliphatic heterocycles. The summed E-state index contributed by atoms with van der Waals surface area (Å²) in [5.74, 6) is -0.616. The summed E-state index contributed by atoms with van der Waals surface area (Å²) < 4.78 is 46.7. The van der Waals surface area contributed by atoms with Crippen LogP contribution in [0.3, 0.4) is 0 Å². The van der Waals surface area contributed by atoms with Crippen molar-refractivity contribution in [1.82, 2.24) is 4.90 Å². The van der Waals surface area contributed by atoms with E-state index in [0.717, 1.165) is 18.6 Å². The number of nitrogens with zero attached hydrogens (tertiary/aromatic N) is 1. The first-order valence-electron chi connectivity index (χ1n) is 10.6. The SMILES string of the molecule is CCCOc1ccc(C2=C(Nc3ccc(OC(F)(F)F)cc3)C(=O)N(CC(C)C)C2=O)cc1. The molecule has 176 valence electrons. The molecule has 1 aliphatic rings. The number of anilines is 1. The molecule has 2 amide bonds. The number of halogens is 3. The lowest BCUT2D eigenvalue weighted by Gasteiger charge is -2.17. The first-order valence-corrected chi connectivity index (χ1v) is 10.6. The average molecular weight is 462 g/mol. The number of benzene rings is 2. The second-order valence-electron chi connectivity index (χ2n) is 7.93. The number of imide groups is 1. The summed E-state index contributed by atoms with van der Waals surface area (Å²) >= 11 is 0. The Morgan fingerprint density at radius 3 is 2.09 bits per heavy atom. The van der Waals surface area contributed by atoms with Crippen LogP contribution in [-0.2, 0) is 9.59 Å². The van der Waals surface area contributed by atoms with Crippen LogP contribution in [0.1, 0.15) is 32.8 Å². The van der Waals surface area contributed by atoms with Crippen LogP contribution in [0.2, 0.25) is 0 Å². The monoisotopic (exact) mass is 462 g/mol. The Balaban J connectivity index is 1.93. The summed E-state index contributed by atoms with van der Waals surface area (Å²) in [5, 5.41) is 2.91. The first kappa shape index (κ1) is 24.2. The van der Waals surface area contributed by atoms with Crippen molar-refractivity contribution in [2.75, 3.05) is 18.5 Å². The van der Waals surface area contributed by atoms with Crippen LogP contribution in [0.25, 0.3) is 5.57 Å².